The number of hydrogen-bond donors (Lipinski definition) is 2. The van der Waals surface area contributed by atoms with Gasteiger partial charge in [-0.2, -0.15) is 0 Å². The summed E-state index contributed by atoms with van der Waals surface area (Å²) in [6, 6.07) is 3.92. The molecule has 3 nitrogen and oxygen atoms in total. The molecule has 0 fully saturated rings. The molecule has 0 aliphatic heterocycles. The van der Waals surface area contributed by atoms with Crippen molar-refractivity contribution in [2.45, 2.75) is 26.8 Å². The van der Waals surface area contributed by atoms with Crippen molar-refractivity contribution < 1.29 is 9.90 Å². The maximum Gasteiger partial charge on any atom is 0.246 e. The Kier molecular flexibility index (Phi) is 3.88. The fraction of sp³-hybridized carbons (Fsp3) is 0.545. The second-order valence-corrected chi connectivity index (χ2v) is 5.52. The number of hydrogen-bond acceptors (Lipinski definition) is 3. The monoisotopic (exact) mass is 227 g/mol. The second-order valence-electron chi connectivity index (χ2n) is 4.54. The summed E-state index contributed by atoms with van der Waals surface area (Å²) >= 11 is 1.61. The molecule has 0 aliphatic carbocycles. The molecular weight excluding hydrogens is 210 g/mol. The molecule has 1 aromatic heterocycles. The zero-order valence-electron chi connectivity index (χ0n) is 9.28. The fourth-order valence-corrected chi connectivity index (χ4v) is 2.40. The first-order valence-electron chi connectivity index (χ1n) is 4.89. The van der Waals surface area contributed by atoms with Crippen LogP contribution in [-0.4, -0.2) is 17.6 Å². The first kappa shape index (κ1) is 12.2. The van der Waals surface area contributed by atoms with Crippen LogP contribution in [0.15, 0.2) is 17.5 Å². The highest BCUT2D eigenvalue weighted by atomic mass is 32.1. The summed E-state index contributed by atoms with van der Waals surface area (Å²) in [5.74, 6) is -0.330. The van der Waals surface area contributed by atoms with Crippen LogP contribution in [-0.2, 0) is 4.79 Å². The standard InChI is InChI=1S/C11H17NO2S/c1-11(2,3)10(12-9(14)7-13)8-5-4-6-15-8/h4-6,10,13H,7H2,1-3H3,(H,12,14). The van der Waals surface area contributed by atoms with Gasteiger partial charge in [0.15, 0.2) is 0 Å². The van der Waals surface area contributed by atoms with Crippen LogP contribution < -0.4 is 5.32 Å². The van der Waals surface area contributed by atoms with Gasteiger partial charge in [0.05, 0.1) is 6.04 Å². The maximum absolute atomic E-state index is 11.2. The highest BCUT2D eigenvalue weighted by Crippen LogP contribution is 2.34. The van der Waals surface area contributed by atoms with Gasteiger partial charge in [-0.1, -0.05) is 26.8 Å². The van der Waals surface area contributed by atoms with Crippen molar-refractivity contribution in [3.8, 4) is 0 Å². The lowest BCUT2D eigenvalue weighted by atomic mass is 9.86. The smallest absolute Gasteiger partial charge is 0.246 e. The normalized spacial score (nSPS) is 13.6. The van der Waals surface area contributed by atoms with Gasteiger partial charge in [-0.25, -0.2) is 0 Å². The Morgan fingerprint density at radius 3 is 2.67 bits per heavy atom. The number of carbonyl (C=O) groups is 1. The van der Waals surface area contributed by atoms with Crippen molar-refractivity contribution in [1.29, 1.82) is 0 Å². The number of amides is 1. The molecule has 4 heteroatoms. The molecule has 1 aromatic rings. The van der Waals surface area contributed by atoms with E-state index in [1.54, 1.807) is 11.3 Å². The number of rotatable bonds is 3. The number of carbonyl (C=O) groups excluding carboxylic acids is 1. The predicted octanol–water partition coefficient (Wildman–Crippen LogP) is 1.94. The first-order valence-corrected chi connectivity index (χ1v) is 5.76. The van der Waals surface area contributed by atoms with E-state index in [1.165, 1.54) is 0 Å². The van der Waals surface area contributed by atoms with E-state index in [-0.39, 0.29) is 17.4 Å². The molecule has 0 saturated carbocycles. The van der Waals surface area contributed by atoms with Crippen molar-refractivity contribution in [2.75, 3.05) is 6.61 Å². The molecule has 84 valence electrons. The van der Waals surface area contributed by atoms with E-state index in [4.69, 9.17) is 5.11 Å². The van der Waals surface area contributed by atoms with E-state index in [1.807, 2.05) is 17.5 Å². The van der Waals surface area contributed by atoms with Gasteiger partial charge in [0.1, 0.15) is 6.61 Å². The first-order chi connectivity index (χ1) is 6.95. The second kappa shape index (κ2) is 4.77. The van der Waals surface area contributed by atoms with E-state index >= 15 is 0 Å². The zero-order chi connectivity index (χ0) is 11.5. The molecule has 0 spiro atoms. The molecule has 0 saturated heterocycles. The predicted molar refractivity (Wildman–Crippen MR) is 61.7 cm³/mol. The van der Waals surface area contributed by atoms with Gasteiger partial charge in [-0.15, -0.1) is 11.3 Å². The summed E-state index contributed by atoms with van der Waals surface area (Å²) in [5, 5.41) is 13.6. The summed E-state index contributed by atoms with van der Waals surface area (Å²) in [5.41, 5.74) is -0.0598. The summed E-state index contributed by atoms with van der Waals surface area (Å²) in [7, 11) is 0. The Bertz CT molecular complexity index is 314. The molecule has 1 amide bonds. The van der Waals surface area contributed by atoms with Crippen molar-refractivity contribution in [2.24, 2.45) is 5.41 Å². The van der Waals surface area contributed by atoms with Crippen LogP contribution in [0.5, 0.6) is 0 Å². The van der Waals surface area contributed by atoms with Gasteiger partial charge < -0.3 is 10.4 Å². The quantitative estimate of drug-likeness (QED) is 0.829. The molecule has 0 aliphatic rings. The number of aliphatic hydroxyl groups is 1. The Balaban J connectivity index is 2.85. The van der Waals surface area contributed by atoms with Crippen LogP contribution in [0.1, 0.15) is 31.7 Å². The molecule has 15 heavy (non-hydrogen) atoms. The fourth-order valence-electron chi connectivity index (χ4n) is 1.38. The van der Waals surface area contributed by atoms with Gasteiger partial charge >= 0.3 is 0 Å². The number of thiophene rings is 1. The summed E-state index contributed by atoms with van der Waals surface area (Å²) in [4.78, 5) is 12.3. The third kappa shape index (κ3) is 3.32. The largest absolute Gasteiger partial charge is 0.387 e. The van der Waals surface area contributed by atoms with Gasteiger partial charge in [0.2, 0.25) is 5.91 Å². The van der Waals surface area contributed by atoms with Gasteiger partial charge in [0.25, 0.3) is 0 Å². The van der Waals surface area contributed by atoms with Gasteiger partial charge in [-0.3, -0.25) is 4.79 Å². The van der Waals surface area contributed by atoms with Crippen molar-refractivity contribution >= 4 is 17.2 Å². The van der Waals surface area contributed by atoms with Crippen LogP contribution >= 0.6 is 11.3 Å². The zero-order valence-corrected chi connectivity index (χ0v) is 10.1. The number of aliphatic hydroxyl groups excluding tert-OH is 1. The molecule has 0 aromatic carbocycles. The average molecular weight is 227 g/mol. The molecule has 0 bridgehead atoms. The average Bonchev–Trinajstić information content (AvgIpc) is 2.64. The highest BCUT2D eigenvalue weighted by molar-refractivity contribution is 7.10. The third-order valence-electron chi connectivity index (χ3n) is 2.14. The summed E-state index contributed by atoms with van der Waals surface area (Å²) in [6.45, 7) is 5.73. The Morgan fingerprint density at radius 2 is 2.27 bits per heavy atom. The van der Waals surface area contributed by atoms with Crippen LogP contribution in [0.3, 0.4) is 0 Å². The van der Waals surface area contributed by atoms with E-state index in [0.717, 1.165) is 4.88 Å². The van der Waals surface area contributed by atoms with Crippen LogP contribution in [0, 0.1) is 5.41 Å². The van der Waals surface area contributed by atoms with E-state index < -0.39 is 6.61 Å². The lowest BCUT2D eigenvalue weighted by Gasteiger charge is -2.30. The molecule has 2 N–H and O–H groups in total. The Labute approximate surface area is 94.1 Å². The number of nitrogens with one attached hydrogen (secondary N) is 1. The van der Waals surface area contributed by atoms with E-state index in [0.29, 0.717) is 0 Å². The molecule has 1 rings (SSSR count). The van der Waals surface area contributed by atoms with Crippen molar-refractivity contribution in [1.82, 2.24) is 5.32 Å². The minimum absolute atomic E-state index is 0.0443. The summed E-state index contributed by atoms with van der Waals surface area (Å²) in [6.07, 6.45) is 0. The van der Waals surface area contributed by atoms with Crippen LogP contribution in [0.2, 0.25) is 0 Å². The highest BCUT2D eigenvalue weighted by Gasteiger charge is 2.28. The van der Waals surface area contributed by atoms with Crippen molar-refractivity contribution in [3.63, 3.8) is 0 Å². The van der Waals surface area contributed by atoms with Crippen molar-refractivity contribution in [3.05, 3.63) is 22.4 Å². The third-order valence-corrected chi connectivity index (χ3v) is 3.08. The Hall–Kier alpha value is -0.870. The lowest BCUT2D eigenvalue weighted by Crippen LogP contribution is -2.37. The van der Waals surface area contributed by atoms with E-state index in [9.17, 15) is 4.79 Å². The molecule has 1 heterocycles. The lowest BCUT2D eigenvalue weighted by molar-refractivity contribution is -0.125. The maximum atomic E-state index is 11.2. The molecular formula is C11H17NO2S. The van der Waals surface area contributed by atoms with Gasteiger partial charge in [0, 0.05) is 4.88 Å². The van der Waals surface area contributed by atoms with E-state index in [2.05, 4.69) is 26.1 Å². The topological polar surface area (TPSA) is 49.3 Å². The minimum atomic E-state index is -0.460. The summed E-state index contributed by atoms with van der Waals surface area (Å²) < 4.78 is 0. The van der Waals surface area contributed by atoms with Crippen LogP contribution in [0.25, 0.3) is 0 Å². The molecule has 1 atom stereocenters. The minimum Gasteiger partial charge on any atom is -0.387 e. The van der Waals surface area contributed by atoms with Gasteiger partial charge in [-0.05, 0) is 16.9 Å². The van der Waals surface area contributed by atoms with Crippen LogP contribution in [0.4, 0.5) is 0 Å². The SMILES string of the molecule is CC(C)(C)C(NC(=O)CO)c1cccs1. The molecule has 0 radical (unpaired) electrons. The Morgan fingerprint density at radius 1 is 1.60 bits per heavy atom. The molecule has 1 unspecified atom stereocenters.